The number of rotatable bonds is 5. The molecule has 0 heterocycles. The Morgan fingerprint density at radius 1 is 1.69 bits per heavy atom. The summed E-state index contributed by atoms with van der Waals surface area (Å²) in [4.78, 5) is 10.5. The quantitative estimate of drug-likeness (QED) is 0.376. The Morgan fingerprint density at radius 2 is 2.23 bits per heavy atom. The first-order valence-electron chi connectivity index (χ1n) is 3.89. The topological polar surface area (TPSA) is 99.2 Å². The van der Waals surface area contributed by atoms with Crippen LogP contribution in [-0.2, 0) is 4.79 Å². The number of hydrogen-bond donors (Lipinski definition) is 4. The summed E-state index contributed by atoms with van der Waals surface area (Å²) in [6, 6.07) is 0. The van der Waals surface area contributed by atoms with Gasteiger partial charge in [-0.3, -0.25) is 10.2 Å². The maximum absolute atomic E-state index is 10.5. The standard InChI is InChI=1S/C7H15N3O2S/c1-4(3-10-7(8)9)13-5(2)6(11)12/h4-5H,3H2,1-2H3,(H,11,12)(H4,8,9,10). The van der Waals surface area contributed by atoms with Crippen LogP contribution in [0.1, 0.15) is 13.8 Å². The van der Waals surface area contributed by atoms with Crippen LogP contribution in [0.3, 0.4) is 0 Å². The van der Waals surface area contributed by atoms with Crippen LogP contribution in [0.25, 0.3) is 0 Å². The highest BCUT2D eigenvalue weighted by atomic mass is 32.2. The first-order chi connectivity index (χ1) is 5.93. The number of thioether (sulfide) groups is 1. The van der Waals surface area contributed by atoms with Crippen LogP contribution in [0.4, 0.5) is 0 Å². The number of nitrogens with two attached hydrogens (primary N) is 1. The van der Waals surface area contributed by atoms with Gasteiger partial charge < -0.3 is 16.2 Å². The predicted octanol–water partition coefficient (Wildman–Crippen LogP) is 0.0643. The SMILES string of the molecule is CC(CNC(=N)N)SC(C)C(=O)O. The van der Waals surface area contributed by atoms with E-state index < -0.39 is 11.2 Å². The second-order valence-electron chi connectivity index (χ2n) is 2.72. The molecule has 0 fully saturated rings. The van der Waals surface area contributed by atoms with Gasteiger partial charge in [-0.2, -0.15) is 0 Å². The summed E-state index contributed by atoms with van der Waals surface area (Å²) in [5, 5.41) is 17.8. The molecular weight excluding hydrogens is 190 g/mol. The van der Waals surface area contributed by atoms with Crippen molar-refractivity contribution in [3.05, 3.63) is 0 Å². The van der Waals surface area contributed by atoms with Crippen LogP contribution < -0.4 is 11.1 Å². The normalized spacial score (nSPS) is 14.6. The van der Waals surface area contributed by atoms with Crippen LogP contribution in [0.2, 0.25) is 0 Å². The van der Waals surface area contributed by atoms with Crippen molar-refractivity contribution in [3.8, 4) is 0 Å². The monoisotopic (exact) mass is 205 g/mol. The fourth-order valence-corrected chi connectivity index (χ4v) is 1.70. The van der Waals surface area contributed by atoms with E-state index in [1.807, 2.05) is 6.92 Å². The number of guanidine groups is 1. The Morgan fingerprint density at radius 3 is 2.62 bits per heavy atom. The molecule has 6 heteroatoms. The first-order valence-corrected chi connectivity index (χ1v) is 4.84. The fourth-order valence-electron chi connectivity index (χ4n) is 0.708. The van der Waals surface area contributed by atoms with Gasteiger partial charge in [-0.25, -0.2) is 0 Å². The summed E-state index contributed by atoms with van der Waals surface area (Å²) in [5.74, 6) is -0.907. The van der Waals surface area contributed by atoms with E-state index in [1.54, 1.807) is 6.92 Å². The Kier molecular flexibility index (Phi) is 5.29. The average molecular weight is 205 g/mol. The van der Waals surface area contributed by atoms with Gasteiger partial charge in [-0.15, -0.1) is 11.8 Å². The summed E-state index contributed by atoms with van der Waals surface area (Å²) in [6.07, 6.45) is 0. The Balaban J connectivity index is 3.67. The van der Waals surface area contributed by atoms with Crippen molar-refractivity contribution in [2.75, 3.05) is 6.54 Å². The van der Waals surface area contributed by atoms with Gasteiger partial charge in [-0.05, 0) is 6.92 Å². The Labute approximate surface area is 81.6 Å². The van der Waals surface area contributed by atoms with Gasteiger partial charge in [0.25, 0.3) is 0 Å². The third-order valence-electron chi connectivity index (χ3n) is 1.36. The molecule has 76 valence electrons. The summed E-state index contributed by atoms with van der Waals surface area (Å²) < 4.78 is 0. The van der Waals surface area contributed by atoms with E-state index in [1.165, 1.54) is 11.8 Å². The second kappa shape index (κ2) is 5.69. The van der Waals surface area contributed by atoms with Crippen molar-refractivity contribution < 1.29 is 9.90 Å². The largest absolute Gasteiger partial charge is 0.480 e. The van der Waals surface area contributed by atoms with Crippen LogP contribution in [0, 0.1) is 5.41 Å². The minimum absolute atomic E-state index is 0.0876. The lowest BCUT2D eigenvalue weighted by Gasteiger charge is -2.14. The maximum atomic E-state index is 10.5. The lowest BCUT2D eigenvalue weighted by Crippen LogP contribution is -2.35. The van der Waals surface area contributed by atoms with E-state index in [-0.39, 0.29) is 11.2 Å². The predicted molar refractivity (Wildman–Crippen MR) is 54.1 cm³/mol. The first kappa shape index (κ1) is 12.1. The lowest BCUT2D eigenvalue weighted by atomic mass is 10.5. The molecule has 0 saturated carbocycles. The lowest BCUT2D eigenvalue weighted by molar-refractivity contribution is -0.136. The summed E-state index contributed by atoms with van der Waals surface area (Å²) in [5.41, 5.74) is 5.08. The van der Waals surface area contributed by atoms with Crippen molar-refractivity contribution in [2.45, 2.75) is 24.3 Å². The number of carboxylic acid groups (broad SMARTS) is 1. The average Bonchev–Trinajstić information content (AvgIpc) is 2.00. The zero-order valence-electron chi connectivity index (χ0n) is 7.70. The van der Waals surface area contributed by atoms with E-state index in [9.17, 15) is 4.79 Å². The molecule has 0 rings (SSSR count). The number of aliphatic carboxylic acids is 1. The van der Waals surface area contributed by atoms with Gasteiger partial charge in [0, 0.05) is 11.8 Å². The van der Waals surface area contributed by atoms with Crippen LogP contribution >= 0.6 is 11.8 Å². The number of carbonyl (C=O) groups is 1. The Bertz CT molecular complexity index is 198. The molecule has 0 aromatic heterocycles. The molecule has 2 unspecified atom stereocenters. The molecule has 0 amide bonds. The molecule has 13 heavy (non-hydrogen) atoms. The van der Waals surface area contributed by atoms with E-state index in [4.69, 9.17) is 16.2 Å². The summed E-state index contributed by atoms with van der Waals surface area (Å²) in [7, 11) is 0. The molecule has 0 saturated heterocycles. The molecule has 5 N–H and O–H groups in total. The van der Waals surface area contributed by atoms with Crippen molar-refractivity contribution in [3.63, 3.8) is 0 Å². The van der Waals surface area contributed by atoms with Crippen LogP contribution in [0.15, 0.2) is 0 Å². The molecule has 0 aliphatic carbocycles. The molecular formula is C7H15N3O2S. The smallest absolute Gasteiger partial charge is 0.316 e. The van der Waals surface area contributed by atoms with Gasteiger partial charge in [0.2, 0.25) is 0 Å². The second-order valence-corrected chi connectivity index (χ2v) is 4.51. The van der Waals surface area contributed by atoms with Crippen molar-refractivity contribution >= 4 is 23.7 Å². The third kappa shape index (κ3) is 6.27. The van der Waals surface area contributed by atoms with Gasteiger partial charge in [0.15, 0.2) is 5.96 Å². The minimum atomic E-state index is -0.820. The molecule has 2 atom stereocenters. The third-order valence-corrected chi connectivity index (χ3v) is 2.61. The van der Waals surface area contributed by atoms with Crippen molar-refractivity contribution in [1.82, 2.24) is 5.32 Å². The van der Waals surface area contributed by atoms with E-state index in [2.05, 4.69) is 5.32 Å². The van der Waals surface area contributed by atoms with Gasteiger partial charge in [-0.1, -0.05) is 6.92 Å². The number of carboxylic acids is 1. The maximum Gasteiger partial charge on any atom is 0.316 e. The molecule has 0 radical (unpaired) electrons. The highest BCUT2D eigenvalue weighted by molar-refractivity contribution is 8.01. The summed E-state index contributed by atoms with van der Waals surface area (Å²) in [6.45, 7) is 4.04. The molecule has 0 bridgehead atoms. The Hall–Kier alpha value is -0.910. The van der Waals surface area contributed by atoms with Gasteiger partial charge in [0.05, 0.1) is 5.25 Å². The van der Waals surface area contributed by atoms with E-state index in [0.717, 1.165) is 0 Å². The minimum Gasteiger partial charge on any atom is -0.480 e. The molecule has 0 spiro atoms. The molecule has 0 aliphatic rings. The van der Waals surface area contributed by atoms with Crippen molar-refractivity contribution in [1.29, 1.82) is 5.41 Å². The number of nitrogens with one attached hydrogen (secondary N) is 2. The summed E-state index contributed by atoms with van der Waals surface area (Å²) >= 11 is 1.34. The van der Waals surface area contributed by atoms with Crippen LogP contribution in [-0.4, -0.2) is 34.1 Å². The van der Waals surface area contributed by atoms with E-state index in [0.29, 0.717) is 6.54 Å². The highest BCUT2D eigenvalue weighted by Crippen LogP contribution is 2.16. The van der Waals surface area contributed by atoms with Crippen LogP contribution in [0.5, 0.6) is 0 Å². The highest BCUT2D eigenvalue weighted by Gasteiger charge is 2.15. The zero-order chi connectivity index (χ0) is 10.4. The molecule has 0 aromatic carbocycles. The van der Waals surface area contributed by atoms with E-state index >= 15 is 0 Å². The number of hydrogen-bond acceptors (Lipinski definition) is 3. The zero-order valence-corrected chi connectivity index (χ0v) is 8.52. The fraction of sp³-hybridized carbons (Fsp3) is 0.714. The van der Waals surface area contributed by atoms with Gasteiger partial charge in [0.1, 0.15) is 0 Å². The van der Waals surface area contributed by atoms with Crippen molar-refractivity contribution in [2.24, 2.45) is 5.73 Å². The van der Waals surface area contributed by atoms with Gasteiger partial charge >= 0.3 is 5.97 Å². The molecule has 5 nitrogen and oxygen atoms in total. The molecule has 0 aromatic rings. The molecule has 0 aliphatic heterocycles.